The molecule has 0 saturated carbocycles. The second-order valence-corrected chi connectivity index (χ2v) is 9.05. The highest BCUT2D eigenvalue weighted by Crippen LogP contribution is 2.35. The summed E-state index contributed by atoms with van der Waals surface area (Å²) in [6.07, 6.45) is 0. The fourth-order valence-electron chi connectivity index (χ4n) is 3.35. The van der Waals surface area contributed by atoms with E-state index in [9.17, 15) is 0 Å². The normalized spacial score (nSPS) is 11.6. The van der Waals surface area contributed by atoms with Crippen LogP contribution in [0.5, 0.6) is 23.0 Å². The predicted octanol–water partition coefficient (Wildman–Crippen LogP) is 6.92. The van der Waals surface area contributed by atoms with Crippen LogP contribution in [-0.4, -0.2) is 16.0 Å². The number of thiazole rings is 1. The Morgan fingerprint density at radius 3 is 2.03 bits per heavy atom. The zero-order valence-corrected chi connectivity index (χ0v) is 19.5. The molecule has 0 radical (unpaired) electrons. The van der Waals surface area contributed by atoms with Gasteiger partial charge in [0.2, 0.25) is 0 Å². The van der Waals surface area contributed by atoms with Crippen LogP contribution in [0.4, 0.5) is 0 Å². The molecule has 0 aliphatic carbocycles. The van der Waals surface area contributed by atoms with Crippen LogP contribution in [0.2, 0.25) is 0 Å². The third-order valence-electron chi connectivity index (χ3n) is 4.95. The van der Waals surface area contributed by atoms with Crippen molar-refractivity contribution in [1.82, 2.24) is 4.98 Å². The van der Waals surface area contributed by atoms with E-state index in [0.717, 1.165) is 22.0 Å². The molecule has 168 valence electrons. The molecule has 6 nitrogen and oxygen atoms in total. The molecule has 0 fully saturated rings. The lowest BCUT2D eigenvalue weighted by molar-refractivity contribution is 0.318. The van der Waals surface area contributed by atoms with Crippen molar-refractivity contribution in [2.24, 2.45) is 10.9 Å². The van der Waals surface area contributed by atoms with E-state index in [2.05, 4.69) is 19.0 Å². The lowest BCUT2D eigenvalue weighted by atomic mass is 10.1. The Balaban J connectivity index is 1.46. The van der Waals surface area contributed by atoms with Gasteiger partial charge in [-0.2, -0.15) is 0 Å². The van der Waals surface area contributed by atoms with Gasteiger partial charge in [-0.3, -0.25) is 0 Å². The van der Waals surface area contributed by atoms with Crippen LogP contribution in [0.15, 0.2) is 78.0 Å². The van der Waals surface area contributed by atoms with Crippen molar-refractivity contribution < 1.29 is 14.7 Å². The fraction of sp³-hybridized carbons (Fsp3) is 0.154. The summed E-state index contributed by atoms with van der Waals surface area (Å²) in [5, 5.41) is 12.8. The summed E-state index contributed by atoms with van der Waals surface area (Å²) in [4.78, 5) is 6.02. The Bertz CT molecular complexity index is 1260. The maximum absolute atomic E-state index is 8.77. The van der Waals surface area contributed by atoms with Crippen LogP contribution in [0.1, 0.15) is 35.2 Å². The standard InChI is InChI=1S/C26H25N3O3S/c1-16(2)25-24(28-17(3)33-25)18-7-11-20(12-8-18)31-22-5-4-6-23(15-22)32-21-13-9-19(10-14-21)26(27)29-30/h4-16,30H,1-3H3,(H2,27,29). The molecule has 4 aromatic rings. The molecule has 3 N–H and O–H groups in total. The smallest absolute Gasteiger partial charge is 0.170 e. The van der Waals surface area contributed by atoms with Gasteiger partial charge in [-0.25, -0.2) is 4.98 Å². The quantitative estimate of drug-likeness (QED) is 0.135. The first kappa shape index (κ1) is 22.4. The Kier molecular flexibility index (Phi) is 6.60. The van der Waals surface area contributed by atoms with Crippen LogP contribution in [0.3, 0.4) is 0 Å². The second kappa shape index (κ2) is 9.75. The molecule has 0 aliphatic rings. The number of hydrogen-bond donors (Lipinski definition) is 2. The molecular formula is C26H25N3O3S. The molecule has 0 atom stereocenters. The van der Waals surface area contributed by atoms with Crippen LogP contribution in [0, 0.1) is 6.92 Å². The minimum Gasteiger partial charge on any atom is -0.457 e. The highest BCUT2D eigenvalue weighted by atomic mass is 32.1. The maximum Gasteiger partial charge on any atom is 0.170 e. The van der Waals surface area contributed by atoms with E-state index in [1.165, 1.54) is 4.88 Å². The molecule has 0 unspecified atom stereocenters. The number of benzene rings is 3. The molecule has 0 saturated heterocycles. The summed E-state index contributed by atoms with van der Waals surface area (Å²) in [6, 6.07) is 22.4. The van der Waals surface area contributed by atoms with E-state index in [1.807, 2.05) is 55.5 Å². The second-order valence-electron chi connectivity index (χ2n) is 7.81. The zero-order chi connectivity index (χ0) is 23.4. The summed E-state index contributed by atoms with van der Waals surface area (Å²) in [6.45, 7) is 6.42. The number of rotatable bonds is 7. The summed E-state index contributed by atoms with van der Waals surface area (Å²) >= 11 is 1.75. The number of amidine groups is 1. The number of oxime groups is 1. The van der Waals surface area contributed by atoms with Crippen molar-refractivity contribution >= 4 is 17.2 Å². The number of nitrogens with zero attached hydrogens (tertiary/aromatic N) is 2. The molecule has 4 rings (SSSR count). The lowest BCUT2D eigenvalue weighted by Crippen LogP contribution is -2.12. The third kappa shape index (κ3) is 5.32. The number of aryl methyl sites for hydroxylation is 1. The van der Waals surface area contributed by atoms with Gasteiger partial charge in [0.1, 0.15) is 23.0 Å². The molecule has 1 aromatic heterocycles. The average Bonchev–Trinajstić information content (AvgIpc) is 3.22. The van der Waals surface area contributed by atoms with E-state index in [1.54, 1.807) is 35.6 Å². The van der Waals surface area contributed by atoms with Gasteiger partial charge in [-0.05, 0) is 73.5 Å². The first-order chi connectivity index (χ1) is 15.9. The minimum absolute atomic E-state index is 0.0494. The number of nitrogens with two attached hydrogens (primary N) is 1. The zero-order valence-electron chi connectivity index (χ0n) is 18.6. The number of aromatic nitrogens is 1. The fourth-order valence-corrected chi connectivity index (χ4v) is 4.30. The van der Waals surface area contributed by atoms with Gasteiger partial charge in [0.15, 0.2) is 5.84 Å². The van der Waals surface area contributed by atoms with E-state index in [4.69, 9.17) is 25.4 Å². The maximum atomic E-state index is 8.77. The first-order valence-electron chi connectivity index (χ1n) is 10.5. The number of hydrogen-bond acceptors (Lipinski definition) is 6. The SMILES string of the molecule is Cc1nc(-c2ccc(Oc3cccc(Oc4ccc(C(N)=NO)cc4)c3)cc2)c(C(C)C)s1. The first-order valence-corrected chi connectivity index (χ1v) is 11.4. The van der Waals surface area contributed by atoms with Crippen LogP contribution < -0.4 is 15.2 Å². The van der Waals surface area contributed by atoms with Crippen molar-refractivity contribution in [3.63, 3.8) is 0 Å². The predicted molar refractivity (Wildman–Crippen MR) is 132 cm³/mol. The van der Waals surface area contributed by atoms with Crippen molar-refractivity contribution in [2.45, 2.75) is 26.7 Å². The summed E-state index contributed by atoms with van der Waals surface area (Å²) in [5.41, 5.74) is 8.34. The lowest BCUT2D eigenvalue weighted by Gasteiger charge is -2.10. The van der Waals surface area contributed by atoms with Gasteiger partial charge in [-0.15, -0.1) is 11.3 Å². The van der Waals surface area contributed by atoms with E-state index in [-0.39, 0.29) is 5.84 Å². The van der Waals surface area contributed by atoms with Crippen molar-refractivity contribution in [1.29, 1.82) is 0 Å². The summed E-state index contributed by atoms with van der Waals surface area (Å²) in [7, 11) is 0. The Hall–Kier alpha value is -3.84. The molecule has 0 aliphatic heterocycles. The van der Waals surface area contributed by atoms with Gasteiger partial charge in [0, 0.05) is 22.1 Å². The topological polar surface area (TPSA) is 90.0 Å². The largest absolute Gasteiger partial charge is 0.457 e. The molecule has 0 bridgehead atoms. The van der Waals surface area contributed by atoms with Crippen molar-refractivity contribution in [3.8, 4) is 34.3 Å². The Morgan fingerprint density at radius 1 is 0.909 bits per heavy atom. The molecule has 3 aromatic carbocycles. The van der Waals surface area contributed by atoms with Crippen LogP contribution in [0.25, 0.3) is 11.3 Å². The van der Waals surface area contributed by atoms with Gasteiger partial charge >= 0.3 is 0 Å². The molecule has 7 heteroatoms. The molecule has 33 heavy (non-hydrogen) atoms. The molecular weight excluding hydrogens is 434 g/mol. The Labute approximate surface area is 196 Å². The van der Waals surface area contributed by atoms with Crippen molar-refractivity contribution in [3.05, 3.63) is 88.2 Å². The summed E-state index contributed by atoms with van der Waals surface area (Å²) in [5.74, 6) is 3.15. The van der Waals surface area contributed by atoms with Crippen LogP contribution >= 0.6 is 11.3 Å². The monoisotopic (exact) mass is 459 g/mol. The average molecular weight is 460 g/mol. The highest BCUT2D eigenvalue weighted by molar-refractivity contribution is 7.12. The Morgan fingerprint density at radius 2 is 1.48 bits per heavy atom. The minimum atomic E-state index is 0.0494. The van der Waals surface area contributed by atoms with Crippen LogP contribution in [-0.2, 0) is 0 Å². The van der Waals surface area contributed by atoms with Gasteiger partial charge in [0.05, 0.1) is 10.7 Å². The van der Waals surface area contributed by atoms with E-state index < -0.39 is 0 Å². The summed E-state index contributed by atoms with van der Waals surface area (Å²) < 4.78 is 11.9. The van der Waals surface area contributed by atoms with Gasteiger partial charge in [-0.1, -0.05) is 25.1 Å². The van der Waals surface area contributed by atoms with E-state index >= 15 is 0 Å². The van der Waals surface area contributed by atoms with Gasteiger partial charge in [0.25, 0.3) is 0 Å². The highest BCUT2D eigenvalue weighted by Gasteiger charge is 2.14. The van der Waals surface area contributed by atoms with E-state index in [0.29, 0.717) is 28.7 Å². The number of ether oxygens (including phenoxy) is 2. The third-order valence-corrected chi connectivity index (χ3v) is 6.22. The van der Waals surface area contributed by atoms with Crippen molar-refractivity contribution in [2.75, 3.05) is 0 Å². The van der Waals surface area contributed by atoms with Gasteiger partial charge < -0.3 is 20.4 Å². The molecule has 0 spiro atoms. The molecule has 0 amide bonds. The molecule has 1 heterocycles.